The van der Waals surface area contributed by atoms with Gasteiger partial charge in [0.1, 0.15) is 0 Å². The molecule has 0 radical (unpaired) electrons. The van der Waals surface area contributed by atoms with E-state index < -0.39 is 0 Å². The molecule has 0 unspecified atom stereocenters. The largest absolute Gasteiger partial charge is 0.371 e. The van der Waals surface area contributed by atoms with Gasteiger partial charge >= 0.3 is 0 Å². The predicted molar refractivity (Wildman–Crippen MR) is 64.4 cm³/mol. The molecule has 2 heterocycles. The number of amides is 1. The lowest BCUT2D eigenvalue weighted by molar-refractivity contribution is -0.127. The molecule has 17 heavy (non-hydrogen) atoms. The fourth-order valence-corrected chi connectivity index (χ4v) is 2.86. The van der Waals surface area contributed by atoms with Crippen LogP contribution in [-0.4, -0.2) is 29.5 Å². The number of hydrogen-bond donors (Lipinski definition) is 0. The molecule has 0 spiro atoms. The minimum absolute atomic E-state index is 0.102. The maximum absolute atomic E-state index is 11.7. The highest BCUT2D eigenvalue weighted by Crippen LogP contribution is 2.31. The lowest BCUT2D eigenvalue weighted by Crippen LogP contribution is -2.31. The van der Waals surface area contributed by atoms with Crippen molar-refractivity contribution in [3.05, 3.63) is 35.9 Å². The van der Waals surface area contributed by atoms with Crippen LogP contribution in [-0.2, 0) is 16.1 Å². The third-order valence-corrected chi connectivity index (χ3v) is 3.73. The summed E-state index contributed by atoms with van der Waals surface area (Å²) >= 11 is 0. The second kappa shape index (κ2) is 4.49. The van der Waals surface area contributed by atoms with Gasteiger partial charge in [0.2, 0.25) is 5.91 Å². The van der Waals surface area contributed by atoms with E-state index in [-0.39, 0.29) is 12.0 Å². The first-order valence-electron chi connectivity index (χ1n) is 6.29. The number of carbonyl (C=O) groups excluding carboxylic acids is 1. The highest BCUT2D eigenvalue weighted by atomic mass is 16.5. The third-order valence-electron chi connectivity index (χ3n) is 3.73. The molecule has 2 atom stereocenters. The highest BCUT2D eigenvalue weighted by molar-refractivity contribution is 5.80. The number of fused-ring (bicyclic) bond motifs is 1. The number of hydrogen-bond acceptors (Lipinski definition) is 2. The molecule has 3 heteroatoms. The molecular formula is C14H17NO2. The normalized spacial score (nSPS) is 27.5. The molecule has 0 bridgehead atoms. The van der Waals surface area contributed by atoms with Crippen LogP contribution in [0.3, 0.4) is 0 Å². The Labute approximate surface area is 101 Å². The van der Waals surface area contributed by atoms with Crippen LogP contribution in [0.1, 0.15) is 24.8 Å². The smallest absolute Gasteiger partial charge is 0.225 e. The summed E-state index contributed by atoms with van der Waals surface area (Å²) in [6.07, 6.45) is 2.90. The average Bonchev–Trinajstić information content (AvgIpc) is 2.93. The molecule has 2 aliphatic heterocycles. The molecule has 1 amide bonds. The van der Waals surface area contributed by atoms with Crippen molar-refractivity contribution in [2.75, 3.05) is 6.54 Å². The van der Waals surface area contributed by atoms with E-state index >= 15 is 0 Å². The van der Waals surface area contributed by atoms with Crippen molar-refractivity contribution in [3.8, 4) is 0 Å². The molecule has 3 rings (SSSR count). The molecule has 0 saturated carbocycles. The standard InChI is InChI=1S/C14H17NO2/c16-14-9-13(12-7-4-8-15(12)14)17-10-11-5-2-1-3-6-11/h1-3,5-6,12-13H,4,7-10H2/t12-,13-/m0/s1. The maximum Gasteiger partial charge on any atom is 0.225 e. The van der Waals surface area contributed by atoms with E-state index in [1.165, 1.54) is 5.56 Å². The van der Waals surface area contributed by atoms with Crippen molar-refractivity contribution < 1.29 is 9.53 Å². The number of ether oxygens (including phenoxy) is 1. The summed E-state index contributed by atoms with van der Waals surface area (Å²) in [7, 11) is 0. The van der Waals surface area contributed by atoms with Gasteiger partial charge in [-0.15, -0.1) is 0 Å². The van der Waals surface area contributed by atoms with Crippen molar-refractivity contribution in [1.82, 2.24) is 4.90 Å². The van der Waals surface area contributed by atoms with Gasteiger partial charge < -0.3 is 9.64 Å². The quantitative estimate of drug-likeness (QED) is 0.796. The Morgan fingerprint density at radius 1 is 1.29 bits per heavy atom. The molecule has 0 aromatic heterocycles. The Balaban J connectivity index is 1.61. The molecule has 1 aromatic carbocycles. The number of carbonyl (C=O) groups is 1. The van der Waals surface area contributed by atoms with Gasteiger partial charge in [-0.1, -0.05) is 30.3 Å². The lowest BCUT2D eigenvalue weighted by atomic mass is 10.1. The number of nitrogens with zero attached hydrogens (tertiary/aromatic N) is 1. The highest BCUT2D eigenvalue weighted by Gasteiger charge is 2.42. The number of rotatable bonds is 3. The molecule has 3 nitrogen and oxygen atoms in total. The zero-order chi connectivity index (χ0) is 11.7. The molecule has 2 fully saturated rings. The van der Waals surface area contributed by atoms with Gasteiger partial charge in [-0.3, -0.25) is 4.79 Å². The molecular weight excluding hydrogens is 214 g/mol. The average molecular weight is 231 g/mol. The summed E-state index contributed by atoms with van der Waals surface area (Å²) < 4.78 is 5.91. The minimum Gasteiger partial charge on any atom is -0.371 e. The Hall–Kier alpha value is -1.35. The van der Waals surface area contributed by atoms with Crippen LogP contribution >= 0.6 is 0 Å². The Morgan fingerprint density at radius 2 is 2.12 bits per heavy atom. The summed E-state index contributed by atoms with van der Waals surface area (Å²) in [5.41, 5.74) is 1.18. The topological polar surface area (TPSA) is 29.5 Å². The van der Waals surface area contributed by atoms with E-state index in [0.717, 1.165) is 19.4 Å². The second-order valence-corrected chi connectivity index (χ2v) is 4.84. The first-order valence-corrected chi connectivity index (χ1v) is 6.29. The molecule has 2 saturated heterocycles. The third kappa shape index (κ3) is 2.07. The van der Waals surface area contributed by atoms with Crippen molar-refractivity contribution in [1.29, 1.82) is 0 Å². The Kier molecular flexibility index (Phi) is 2.85. The summed E-state index contributed by atoms with van der Waals surface area (Å²) in [5, 5.41) is 0. The van der Waals surface area contributed by atoms with Crippen molar-refractivity contribution in [2.24, 2.45) is 0 Å². The van der Waals surface area contributed by atoms with Gasteiger partial charge in [-0.05, 0) is 18.4 Å². The molecule has 90 valence electrons. The van der Waals surface area contributed by atoms with E-state index in [0.29, 0.717) is 19.1 Å². The summed E-state index contributed by atoms with van der Waals surface area (Å²) in [4.78, 5) is 13.7. The van der Waals surface area contributed by atoms with E-state index in [1.54, 1.807) is 0 Å². The van der Waals surface area contributed by atoms with Gasteiger partial charge in [-0.25, -0.2) is 0 Å². The van der Waals surface area contributed by atoms with Crippen LogP contribution in [0.2, 0.25) is 0 Å². The van der Waals surface area contributed by atoms with Crippen molar-refractivity contribution >= 4 is 5.91 Å². The lowest BCUT2D eigenvalue weighted by Gasteiger charge is -2.20. The minimum atomic E-state index is 0.102. The molecule has 2 aliphatic rings. The van der Waals surface area contributed by atoms with Crippen LogP contribution in [0.25, 0.3) is 0 Å². The van der Waals surface area contributed by atoms with E-state index in [9.17, 15) is 4.79 Å². The zero-order valence-corrected chi connectivity index (χ0v) is 9.84. The van der Waals surface area contributed by atoms with Gasteiger partial charge in [0.25, 0.3) is 0 Å². The van der Waals surface area contributed by atoms with Gasteiger partial charge in [-0.2, -0.15) is 0 Å². The first kappa shape index (κ1) is 10.8. The second-order valence-electron chi connectivity index (χ2n) is 4.84. The van der Waals surface area contributed by atoms with E-state index in [4.69, 9.17) is 4.74 Å². The van der Waals surface area contributed by atoms with Gasteiger partial charge in [0.15, 0.2) is 0 Å². The predicted octanol–water partition coefficient (Wildman–Crippen LogP) is 1.97. The van der Waals surface area contributed by atoms with Crippen LogP contribution in [0, 0.1) is 0 Å². The van der Waals surface area contributed by atoms with Crippen molar-refractivity contribution in [3.63, 3.8) is 0 Å². The van der Waals surface area contributed by atoms with Crippen LogP contribution in [0.15, 0.2) is 30.3 Å². The summed E-state index contributed by atoms with van der Waals surface area (Å²) in [6, 6.07) is 10.5. The molecule has 0 aliphatic carbocycles. The summed E-state index contributed by atoms with van der Waals surface area (Å²) in [6.45, 7) is 1.54. The molecule has 1 aromatic rings. The fraction of sp³-hybridized carbons (Fsp3) is 0.500. The Bertz CT molecular complexity index is 404. The van der Waals surface area contributed by atoms with E-state index in [2.05, 4.69) is 12.1 Å². The maximum atomic E-state index is 11.7. The SMILES string of the molecule is O=C1C[C@H](OCc2ccccc2)[C@@H]2CCCN12. The van der Waals surface area contributed by atoms with Crippen LogP contribution < -0.4 is 0 Å². The van der Waals surface area contributed by atoms with E-state index in [1.807, 2.05) is 23.1 Å². The Morgan fingerprint density at radius 3 is 2.94 bits per heavy atom. The van der Waals surface area contributed by atoms with Crippen LogP contribution in [0.4, 0.5) is 0 Å². The van der Waals surface area contributed by atoms with Gasteiger partial charge in [0.05, 0.1) is 25.2 Å². The summed E-state index contributed by atoms with van der Waals surface area (Å²) in [5.74, 6) is 0.269. The first-order chi connectivity index (χ1) is 8.34. The zero-order valence-electron chi connectivity index (χ0n) is 9.84. The van der Waals surface area contributed by atoms with Crippen molar-refractivity contribution in [2.45, 2.75) is 38.0 Å². The monoisotopic (exact) mass is 231 g/mol. The fourth-order valence-electron chi connectivity index (χ4n) is 2.86. The number of benzene rings is 1. The molecule has 0 N–H and O–H groups in total. The van der Waals surface area contributed by atoms with Gasteiger partial charge in [0, 0.05) is 6.54 Å². The van der Waals surface area contributed by atoms with Crippen LogP contribution in [0.5, 0.6) is 0 Å².